The summed E-state index contributed by atoms with van der Waals surface area (Å²) in [6.07, 6.45) is 2.96. The smallest absolute Gasteiger partial charge is 0.180 e. The predicted octanol–water partition coefficient (Wildman–Crippen LogP) is 3.10. The van der Waals surface area contributed by atoms with Crippen molar-refractivity contribution in [3.05, 3.63) is 40.7 Å². The first kappa shape index (κ1) is 13.1. The summed E-state index contributed by atoms with van der Waals surface area (Å²) < 4.78 is 2.18. The Labute approximate surface area is 122 Å². The SMILES string of the molecule is Cc1ccc2c(c1)nc(CCCc1csc(N)n1)n2C. The van der Waals surface area contributed by atoms with E-state index in [0.29, 0.717) is 5.13 Å². The predicted molar refractivity (Wildman–Crippen MR) is 84.0 cm³/mol. The summed E-state index contributed by atoms with van der Waals surface area (Å²) >= 11 is 1.51. The third-order valence-electron chi connectivity index (χ3n) is 3.53. The lowest BCUT2D eigenvalue weighted by atomic mass is 10.2. The van der Waals surface area contributed by atoms with Crippen LogP contribution in [0.3, 0.4) is 0 Å². The van der Waals surface area contributed by atoms with Crippen LogP contribution >= 0.6 is 11.3 Å². The molecule has 2 N–H and O–H groups in total. The number of aryl methyl sites for hydroxylation is 4. The van der Waals surface area contributed by atoms with Crippen molar-refractivity contribution in [1.82, 2.24) is 14.5 Å². The maximum Gasteiger partial charge on any atom is 0.180 e. The topological polar surface area (TPSA) is 56.7 Å². The molecule has 20 heavy (non-hydrogen) atoms. The van der Waals surface area contributed by atoms with Crippen molar-refractivity contribution >= 4 is 27.5 Å². The number of benzene rings is 1. The van der Waals surface area contributed by atoms with Crippen LogP contribution in [0.2, 0.25) is 0 Å². The molecule has 0 fully saturated rings. The molecule has 0 aliphatic carbocycles. The van der Waals surface area contributed by atoms with Gasteiger partial charge in [-0.15, -0.1) is 11.3 Å². The lowest BCUT2D eigenvalue weighted by molar-refractivity contribution is 0.727. The second kappa shape index (κ2) is 5.25. The van der Waals surface area contributed by atoms with Gasteiger partial charge in [0.1, 0.15) is 5.82 Å². The molecule has 0 unspecified atom stereocenters. The Bertz CT molecular complexity index is 741. The minimum atomic E-state index is 0.651. The van der Waals surface area contributed by atoms with Crippen LogP contribution in [0.1, 0.15) is 23.5 Å². The summed E-state index contributed by atoms with van der Waals surface area (Å²) in [6.45, 7) is 2.10. The number of thiazole rings is 1. The van der Waals surface area contributed by atoms with Crippen LogP contribution in [0, 0.1) is 6.92 Å². The van der Waals surface area contributed by atoms with E-state index < -0.39 is 0 Å². The molecule has 1 aromatic carbocycles. The summed E-state index contributed by atoms with van der Waals surface area (Å²) in [4.78, 5) is 9.02. The van der Waals surface area contributed by atoms with Crippen molar-refractivity contribution in [3.8, 4) is 0 Å². The first-order valence-electron chi connectivity index (χ1n) is 6.75. The number of nitrogens with zero attached hydrogens (tertiary/aromatic N) is 3. The van der Waals surface area contributed by atoms with E-state index in [2.05, 4.69) is 41.7 Å². The fourth-order valence-corrected chi connectivity index (χ4v) is 3.05. The Morgan fingerprint density at radius 3 is 2.85 bits per heavy atom. The third kappa shape index (κ3) is 2.54. The average Bonchev–Trinajstić information content (AvgIpc) is 2.95. The molecule has 104 valence electrons. The number of anilines is 1. The minimum Gasteiger partial charge on any atom is -0.375 e. The first-order chi connectivity index (χ1) is 9.63. The Balaban J connectivity index is 1.72. The van der Waals surface area contributed by atoms with Crippen molar-refractivity contribution in [2.75, 3.05) is 5.73 Å². The molecule has 2 aromatic heterocycles. The van der Waals surface area contributed by atoms with E-state index in [-0.39, 0.29) is 0 Å². The van der Waals surface area contributed by atoms with Gasteiger partial charge in [-0.3, -0.25) is 0 Å². The maximum atomic E-state index is 5.64. The molecule has 0 aliphatic rings. The summed E-state index contributed by atoms with van der Waals surface area (Å²) in [5.41, 5.74) is 10.3. The van der Waals surface area contributed by atoms with Crippen LogP contribution in [0.4, 0.5) is 5.13 Å². The molecule has 5 heteroatoms. The van der Waals surface area contributed by atoms with Gasteiger partial charge in [-0.1, -0.05) is 6.07 Å². The van der Waals surface area contributed by atoms with Crippen LogP contribution in [0.25, 0.3) is 11.0 Å². The second-order valence-electron chi connectivity index (χ2n) is 5.11. The van der Waals surface area contributed by atoms with Gasteiger partial charge in [-0.25, -0.2) is 9.97 Å². The van der Waals surface area contributed by atoms with Gasteiger partial charge in [-0.05, 0) is 37.5 Å². The van der Waals surface area contributed by atoms with Gasteiger partial charge < -0.3 is 10.3 Å². The highest BCUT2D eigenvalue weighted by Crippen LogP contribution is 2.18. The van der Waals surface area contributed by atoms with Crippen LogP contribution in [0.15, 0.2) is 23.6 Å². The second-order valence-corrected chi connectivity index (χ2v) is 6.00. The molecule has 3 aromatic rings. The molecule has 0 amide bonds. The van der Waals surface area contributed by atoms with Crippen molar-refractivity contribution < 1.29 is 0 Å². The zero-order valence-corrected chi connectivity index (χ0v) is 12.6. The van der Waals surface area contributed by atoms with Crippen molar-refractivity contribution in [1.29, 1.82) is 0 Å². The summed E-state index contributed by atoms with van der Waals surface area (Å²) in [5, 5.41) is 2.69. The van der Waals surface area contributed by atoms with E-state index in [9.17, 15) is 0 Å². The average molecular weight is 286 g/mol. The number of fused-ring (bicyclic) bond motifs is 1. The highest BCUT2D eigenvalue weighted by Gasteiger charge is 2.08. The summed E-state index contributed by atoms with van der Waals surface area (Å²) in [5.74, 6) is 1.13. The molecule has 0 atom stereocenters. The number of nitrogens with two attached hydrogens (primary N) is 1. The van der Waals surface area contributed by atoms with E-state index in [1.807, 2.05) is 5.38 Å². The molecule has 0 bridgehead atoms. The summed E-state index contributed by atoms with van der Waals surface area (Å²) in [7, 11) is 2.08. The zero-order chi connectivity index (χ0) is 14.1. The maximum absolute atomic E-state index is 5.64. The van der Waals surface area contributed by atoms with Crippen molar-refractivity contribution in [2.45, 2.75) is 26.2 Å². The highest BCUT2D eigenvalue weighted by molar-refractivity contribution is 7.13. The van der Waals surface area contributed by atoms with Crippen LogP contribution in [-0.2, 0) is 19.9 Å². The Morgan fingerprint density at radius 2 is 2.10 bits per heavy atom. The van der Waals surface area contributed by atoms with Gasteiger partial charge in [0.2, 0.25) is 0 Å². The number of aromatic nitrogens is 3. The van der Waals surface area contributed by atoms with E-state index in [0.717, 1.165) is 36.3 Å². The van der Waals surface area contributed by atoms with Gasteiger partial charge in [0.25, 0.3) is 0 Å². The van der Waals surface area contributed by atoms with Gasteiger partial charge >= 0.3 is 0 Å². The van der Waals surface area contributed by atoms with Crippen LogP contribution in [0.5, 0.6) is 0 Å². The van der Waals surface area contributed by atoms with Gasteiger partial charge in [-0.2, -0.15) is 0 Å². The lowest BCUT2D eigenvalue weighted by Crippen LogP contribution is -1.99. The Kier molecular flexibility index (Phi) is 3.44. The van der Waals surface area contributed by atoms with Crippen molar-refractivity contribution in [2.24, 2.45) is 7.05 Å². The normalized spacial score (nSPS) is 11.3. The fraction of sp³-hybridized carbons (Fsp3) is 0.333. The third-order valence-corrected chi connectivity index (χ3v) is 4.25. The minimum absolute atomic E-state index is 0.651. The molecular weight excluding hydrogens is 268 g/mol. The summed E-state index contributed by atoms with van der Waals surface area (Å²) in [6, 6.07) is 6.41. The molecule has 0 aliphatic heterocycles. The number of imidazole rings is 1. The quantitative estimate of drug-likeness (QED) is 0.802. The van der Waals surface area contributed by atoms with Crippen LogP contribution < -0.4 is 5.73 Å². The number of rotatable bonds is 4. The van der Waals surface area contributed by atoms with E-state index in [1.165, 1.54) is 22.4 Å². The highest BCUT2D eigenvalue weighted by atomic mass is 32.1. The Hall–Kier alpha value is -1.88. The first-order valence-corrected chi connectivity index (χ1v) is 7.63. The molecule has 0 spiro atoms. The lowest BCUT2D eigenvalue weighted by Gasteiger charge is -2.01. The number of hydrogen-bond donors (Lipinski definition) is 1. The zero-order valence-electron chi connectivity index (χ0n) is 11.8. The number of nitrogen functional groups attached to an aromatic ring is 1. The molecular formula is C15H18N4S. The fourth-order valence-electron chi connectivity index (χ4n) is 2.45. The van der Waals surface area contributed by atoms with Gasteiger partial charge in [0.05, 0.1) is 16.7 Å². The van der Waals surface area contributed by atoms with Gasteiger partial charge in [0.15, 0.2) is 5.13 Å². The number of hydrogen-bond acceptors (Lipinski definition) is 4. The molecule has 4 nitrogen and oxygen atoms in total. The van der Waals surface area contributed by atoms with Gasteiger partial charge in [0, 0.05) is 18.8 Å². The molecule has 0 saturated carbocycles. The largest absolute Gasteiger partial charge is 0.375 e. The van der Waals surface area contributed by atoms with E-state index >= 15 is 0 Å². The molecule has 2 heterocycles. The van der Waals surface area contributed by atoms with E-state index in [1.54, 1.807) is 0 Å². The van der Waals surface area contributed by atoms with Crippen LogP contribution in [-0.4, -0.2) is 14.5 Å². The monoisotopic (exact) mass is 286 g/mol. The standard InChI is InChI=1S/C15H18N4S/c1-10-6-7-13-12(8-10)18-14(19(13)2)5-3-4-11-9-20-15(16)17-11/h6-9H,3-5H2,1-2H3,(H2,16,17). The van der Waals surface area contributed by atoms with Crippen molar-refractivity contribution in [3.63, 3.8) is 0 Å². The molecule has 0 saturated heterocycles. The molecule has 3 rings (SSSR count). The molecule has 0 radical (unpaired) electrons. The van der Waals surface area contributed by atoms with E-state index in [4.69, 9.17) is 10.7 Å². The Morgan fingerprint density at radius 1 is 1.25 bits per heavy atom.